The van der Waals surface area contributed by atoms with Crippen LogP contribution < -0.4 is 0 Å². The predicted octanol–water partition coefficient (Wildman–Crippen LogP) is 1.19. The highest BCUT2D eigenvalue weighted by atomic mass is 14.0. The molecule has 4 heavy (non-hydrogen) atoms. The molecular formula is C4H6. The molecule has 0 saturated heterocycles. The first-order valence-electron chi connectivity index (χ1n) is 1.58. The molecule has 0 atom stereocenters. The summed E-state index contributed by atoms with van der Waals surface area (Å²) in [5.74, 6) is 0.833. The van der Waals surface area contributed by atoms with Crippen molar-refractivity contribution in [3.63, 3.8) is 0 Å². The van der Waals surface area contributed by atoms with Gasteiger partial charge in [-0.05, 0) is 5.92 Å². The fourth-order valence-electron chi connectivity index (χ4n) is 0.111. The van der Waals surface area contributed by atoms with E-state index < -0.39 is 0 Å². The molecule has 0 radical (unpaired) electrons. The minimum Gasteiger partial charge on any atom is -0.0813 e. The number of hydrogen-bond donors (Lipinski definition) is 0. The van der Waals surface area contributed by atoms with E-state index in [0.29, 0.717) is 0 Å². The highest BCUT2D eigenvalue weighted by Gasteiger charge is 1.97. The second-order valence-electron chi connectivity index (χ2n) is 1.24. The van der Waals surface area contributed by atoms with E-state index in [2.05, 4.69) is 19.1 Å². The van der Waals surface area contributed by atoms with Gasteiger partial charge in [-0.3, -0.25) is 0 Å². The first-order chi connectivity index (χ1) is 1.89. The fraction of sp³-hybridized carbons (Fsp3) is 0.500. The molecule has 0 spiro atoms. The van der Waals surface area contributed by atoms with Crippen LogP contribution in [0, 0.1) is 5.92 Å². The summed E-state index contributed by atoms with van der Waals surface area (Å²) in [4.78, 5) is 0. The largest absolute Gasteiger partial charge is 0.0813 e. The summed E-state index contributed by atoms with van der Waals surface area (Å²) >= 11 is 0. The Kier molecular flexibility index (Phi) is 0.185. The average molecular weight is 54.1 g/mol. The van der Waals surface area contributed by atoms with Crippen LogP contribution in [0.2, 0.25) is 0 Å². The van der Waals surface area contributed by atoms with Crippen molar-refractivity contribution in [2.75, 3.05) is 0 Å². The molecule has 0 aromatic rings. The summed E-state index contributed by atoms with van der Waals surface area (Å²) in [7, 11) is 0. The molecule has 0 aliphatic heterocycles. The van der Waals surface area contributed by atoms with Gasteiger partial charge in [-0.2, -0.15) is 0 Å². The van der Waals surface area contributed by atoms with E-state index in [0.717, 1.165) is 5.92 Å². The first kappa shape index (κ1) is 2.01. The Bertz CT molecular complexity index is 38.0. The lowest BCUT2D eigenvalue weighted by molar-refractivity contribution is 1.09. The van der Waals surface area contributed by atoms with Gasteiger partial charge in [-0.1, -0.05) is 19.1 Å². The monoisotopic (exact) mass is 54.0 g/mol. The van der Waals surface area contributed by atoms with Gasteiger partial charge < -0.3 is 0 Å². The maximum absolute atomic E-state index is 2.17. The van der Waals surface area contributed by atoms with Gasteiger partial charge in [0.25, 0.3) is 0 Å². The van der Waals surface area contributed by atoms with Gasteiger partial charge >= 0.3 is 0 Å². The molecule has 0 heteroatoms. The van der Waals surface area contributed by atoms with Crippen LogP contribution in [0.25, 0.3) is 0 Å². The zero-order valence-corrected chi connectivity index (χ0v) is 2.73. The highest BCUT2D eigenvalue weighted by molar-refractivity contribution is 5.10. The van der Waals surface area contributed by atoms with E-state index >= 15 is 0 Å². The quantitative estimate of drug-likeness (QED) is 0.364. The van der Waals surface area contributed by atoms with Crippen LogP contribution in [-0.2, 0) is 0 Å². The summed E-state index contributed by atoms with van der Waals surface area (Å²) < 4.78 is 0. The molecule has 22 valence electrons. The summed E-state index contributed by atoms with van der Waals surface area (Å²) in [6.45, 7) is 2.17. The molecule has 1 aliphatic carbocycles. The topological polar surface area (TPSA) is 0 Å². The third kappa shape index (κ3) is 0.127. The Morgan fingerprint density at radius 2 is 1.75 bits per heavy atom. The van der Waals surface area contributed by atoms with Crippen LogP contribution in [0.5, 0.6) is 0 Å². The minimum absolute atomic E-state index is 0.833. The molecule has 0 fully saturated rings. The number of allylic oxidation sites excluding steroid dienone is 2. The minimum atomic E-state index is 0.833. The summed E-state index contributed by atoms with van der Waals surface area (Å²) in [6.07, 6.45) is 4.33. The lowest BCUT2D eigenvalue weighted by Gasteiger charge is -1.57. The molecule has 0 aromatic heterocycles. The van der Waals surface area contributed by atoms with Gasteiger partial charge in [0.05, 0.1) is 0 Å². The van der Waals surface area contributed by atoms with Crippen molar-refractivity contribution >= 4 is 0 Å². The Morgan fingerprint density at radius 1 is 1.50 bits per heavy atom. The van der Waals surface area contributed by atoms with Gasteiger partial charge in [0.15, 0.2) is 0 Å². The van der Waals surface area contributed by atoms with E-state index in [-0.39, 0.29) is 0 Å². The van der Waals surface area contributed by atoms with Crippen molar-refractivity contribution in [1.82, 2.24) is 0 Å². The zero-order valence-electron chi connectivity index (χ0n) is 2.73. The summed E-state index contributed by atoms with van der Waals surface area (Å²) in [5.41, 5.74) is 0. The van der Waals surface area contributed by atoms with Crippen LogP contribution in [0.4, 0.5) is 0 Å². The third-order valence-corrected chi connectivity index (χ3v) is 0.577. The lowest BCUT2D eigenvalue weighted by atomic mass is 10.5. The van der Waals surface area contributed by atoms with Gasteiger partial charge in [0, 0.05) is 0 Å². The second-order valence-corrected chi connectivity index (χ2v) is 1.24. The average Bonchev–Trinajstić information content (AvgIpc) is 1.75. The van der Waals surface area contributed by atoms with Crippen LogP contribution in [0.3, 0.4) is 0 Å². The maximum Gasteiger partial charge on any atom is -0.00815 e. The Hall–Kier alpha value is -0.260. The molecule has 0 heterocycles. The third-order valence-electron chi connectivity index (χ3n) is 0.577. The molecule has 1 aliphatic rings. The van der Waals surface area contributed by atoms with Crippen molar-refractivity contribution in [2.24, 2.45) is 5.92 Å². The molecule has 0 N–H and O–H groups in total. The summed E-state index contributed by atoms with van der Waals surface area (Å²) in [6, 6.07) is 0. The SMILES string of the molecule is CC1C=C1. The first-order valence-corrected chi connectivity index (χ1v) is 1.58. The van der Waals surface area contributed by atoms with E-state index in [9.17, 15) is 0 Å². The van der Waals surface area contributed by atoms with Crippen LogP contribution >= 0.6 is 0 Å². The zero-order chi connectivity index (χ0) is 2.99. The summed E-state index contributed by atoms with van der Waals surface area (Å²) in [5, 5.41) is 0. The molecule has 0 amide bonds. The van der Waals surface area contributed by atoms with Crippen molar-refractivity contribution < 1.29 is 0 Å². The molecule has 0 bridgehead atoms. The number of hydrogen-bond acceptors (Lipinski definition) is 0. The molecule has 0 unspecified atom stereocenters. The standard InChI is InChI=1S/C4H6/c1-4-2-3-4/h2-4H,1H3. The molecule has 0 saturated carbocycles. The van der Waals surface area contributed by atoms with Gasteiger partial charge in [-0.15, -0.1) is 0 Å². The predicted molar refractivity (Wildman–Crippen MR) is 18.3 cm³/mol. The Labute approximate surface area is 26.1 Å². The van der Waals surface area contributed by atoms with Crippen LogP contribution in [-0.4, -0.2) is 0 Å². The van der Waals surface area contributed by atoms with Crippen LogP contribution in [0.1, 0.15) is 6.92 Å². The smallest absolute Gasteiger partial charge is 0.00815 e. The molecule has 0 aromatic carbocycles. The van der Waals surface area contributed by atoms with Crippen molar-refractivity contribution in [2.45, 2.75) is 6.92 Å². The Balaban J connectivity index is 2.32. The van der Waals surface area contributed by atoms with Gasteiger partial charge in [0.1, 0.15) is 0 Å². The normalized spacial score (nSPS) is 22.2. The lowest BCUT2D eigenvalue weighted by Crippen LogP contribution is -1.47. The molecule has 0 nitrogen and oxygen atoms in total. The van der Waals surface area contributed by atoms with E-state index in [1.165, 1.54) is 0 Å². The van der Waals surface area contributed by atoms with Gasteiger partial charge in [-0.25, -0.2) is 0 Å². The van der Waals surface area contributed by atoms with Crippen molar-refractivity contribution in [3.05, 3.63) is 12.2 Å². The number of rotatable bonds is 0. The van der Waals surface area contributed by atoms with E-state index in [1.54, 1.807) is 0 Å². The van der Waals surface area contributed by atoms with Gasteiger partial charge in [0.2, 0.25) is 0 Å². The molecular weight excluding hydrogens is 48.0 g/mol. The molecule has 1 rings (SSSR count). The van der Waals surface area contributed by atoms with Crippen molar-refractivity contribution in [3.8, 4) is 0 Å². The van der Waals surface area contributed by atoms with E-state index in [4.69, 9.17) is 0 Å². The second kappa shape index (κ2) is 0.369. The fourth-order valence-corrected chi connectivity index (χ4v) is 0.111. The maximum atomic E-state index is 2.17. The Morgan fingerprint density at radius 3 is 1.75 bits per heavy atom. The van der Waals surface area contributed by atoms with Crippen molar-refractivity contribution in [1.29, 1.82) is 0 Å². The highest BCUT2D eigenvalue weighted by Crippen LogP contribution is 2.11. The van der Waals surface area contributed by atoms with Crippen LogP contribution in [0.15, 0.2) is 12.2 Å². The van der Waals surface area contributed by atoms with E-state index in [1.807, 2.05) is 0 Å².